The van der Waals surface area contributed by atoms with Crippen LogP contribution >= 0.6 is 0 Å². The monoisotopic (exact) mass is 179 g/mol. The number of rotatable bonds is 4. The Kier molecular flexibility index (Phi) is 3.25. The number of hydrogen-bond donors (Lipinski definition) is 1. The summed E-state index contributed by atoms with van der Waals surface area (Å²) in [7, 11) is 0. The molecule has 0 saturated heterocycles. The minimum atomic E-state index is -0.111. The maximum atomic E-state index is 11.3. The van der Waals surface area contributed by atoms with E-state index in [0.717, 1.165) is 6.54 Å². The van der Waals surface area contributed by atoms with Crippen LogP contribution in [-0.4, -0.2) is 22.2 Å². The summed E-state index contributed by atoms with van der Waals surface area (Å²) >= 11 is 0. The van der Waals surface area contributed by atoms with E-state index in [1.807, 2.05) is 6.92 Å². The van der Waals surface area contributed by atoms with Crippen molar-refractivity contribution in [3.05, 3.63) is 30.6 Å². The molecule has 0 radical (unpaired) electrons. The average molecular weight is 179 g/mol. The van der Waals surface area contributed by atoms with Crippen molar-refractivity contribution >= 4 is 5.91 Å². The van der Waals surface area contributed by atoms with Gasteiger partial charge in [-0.15, -0.1) is 6.58 Å². The molecule has 0 bridgehead atoms. The molecule has 4 heteroatoms. The van der Waals surface area contributed by atoms with Crippen LogP contribution in [0.1, 0.15) is 17.3 Å². The van der Waals surface area contributed by atoms with Gasteiger partial charge in [-0.25, -0.2) is 0 Å². The van der Waals surface area contributed by atoms with Crippen LogP contribution in [0.4, 0.5) is 0 Å². The third-order valence-electron chi connectivity index (χ3n) is 1.63. The number of carbonyl (C=O) groups is 1. The van der Waals surface area contributed by atoms with Crippen LogP contribution in [0.25, 0.3) is 0 Å². The van der Waals surface area contributed by atoms with Crippen molar-refractivity contribution < 1.29 is 4.79 Å². The van der Waals surface area contributed by atoms with Crippen molar-refractivity contribution in [3.63, 3.8) is 0 Å². The molecule has 0 aromatic carbocycles. The molecular formula is C9H13N3O. The van der Waals surface area contributed by atoms with Crippen LogP contribution in [0.3, 0.4) is 0 Å². The van der Waals surface area contributed by atoms with Gasteiger partial charge in [-0.2, -0.15) is 5.10 Å². The summed E-state index contributed by atoms with van der Waals surface area (Å²) in [6.07, 6.45) is 4.92. The maximum absolute atomic E-state index is 11.3. The van der Waals surface area contributed by atoms with Gasteiger partial charge in [-0.3, -0.25) is 9.48 Å². The Morgan fingerprint density at radius 1 is 1.85 bits per heavy atom. The van der Waals surface area contributed by atoms with Gasteiger partial charge in [0.05, 0.1) is 11.8 Å². The molecule has 0 aliphatic carbocycles. The maximum Gasteiger partial charge on any atom is 0.254 e. The van der Waals surface area contributed by atoms with Crippen molar-refractivity contribution in [2.45, 2.75) is 13.5 Å². The SMILES string of the molecule is C=CCNC(=O)c1cnn(CC)c1. The minimum Gasteiger partial charge on any atom is -0.348 e. The molecule has 0 fully saturated rings. The Hall–Kier alpha value is -1.58. The Bertz CT molecular complexity index is 304. The normalized spacial score (nSPS) is 9.62. The van der Waals surface area contributed by atoms with E-state index in [-0.39, 0.29) is 5.91 Å². The Morgan fingerprint density at radius 3 is 3.15 bits per heavy atom. The lowest BCUT2D eigenvalue weighted by Gasteiger charge is -1.97. The van der Waals surface area contributed by atoms with Gasteiger partial charge in [0.2, 0.25) is 0 Å². The van der Waals surface area contributed by atoms with E-state index in [0.29, 0.717) is 12.1 Å². The van der Waals surface area contributed by atoms with Crippen LogP contribution in [0, 0.1) is 0 Å². The van der Waals surface area contributed by atoms with Crippen molar-refractivity contribution in [1.29, 1.82) is 0 Å². The second-order valence-corrected chi connectivity index (χ2v) is 2.58. The van der Waals surface area contributed by atoms with Crippen LogP contribution in [0.5, 0.6) is 0 Å². The summed E-state index contributed by atoms with van der Waals surface area (Å²) in [6, 6.07) is 0. The Labute approximate surface area is 77.3 Å². The number of amides is 1. The summed E-state index contributed by atoms with van der Waals surface area (Å²) in [5.74, 6) is -0.111. The first kappa shape index (κ1) is 9.51. The molecule has 0 aliphatic rings. The topological polar surface area (TPSA) is 46.9 Å². The lowest BCUT2D eigenvalue weighted by Crippen LogP contribution is -2.22. The standard InChI is InChI=1S/C9H13N3O/c1-3-5-10-9(13)8-6-11-12(4-2)7-8/h3,6-7H,1,4-5H2,2H3,(H,10,13). The Morgan fingerprint density at radius 2 is 2.62 bits per heavy atom. The molecule has 13 heavy (non-hydrogen) atoms. The van der Waals surface area contributed by atoms with Gasteiger partial charge < -0.3 is 5.32 Å². The van der Waals surface area contributed by atoms with Crippen molar-refractivity contribution in [3.8, 4) is 0 Å². The molecular weight excluding hydrogens is 166 g/mol. The number of hydrogen-bond acceptors (Lipinski definition) is 2. The second kappa shape index (κ2) is 4.45. The van der Waals surface area contributed by atoms with E-state index in [1.54, 1.807) is 23.2 Å². The summed E-state index contributed by atoms with van der Waals surface area (Å²) < 4.78 is 1.71. The summed E-state index contributed by atoms with van der Waals surface area (Å²) in [4.78, 5) is 11.3. The van der Waals surface area contributed by atoms with E-state index in [2.05, 4.69) is 17.0 Å². The molecule has 70 valence electrons. The fourth-order valence-electron chi connectivity index (χ4n) is 0.921. The fraction of sp³-hybridized carbons (Fsp3) is 0.333. The smallest absolute Gasteiger partial charge is 0.254 e. The van der Waals surface area contributed by atoms with E-state index in [4.69, 9.17) is 0 Å². The quantitative estimate of drug-likeness (QED) is 0.695. The van der Waals surface area contributed by atoms with E-state index in [9.17, 15) is 4.79 Å². The average Bonchev–Trinajstić information content (AvgIpc) is 2.62. The highest BCUT2D eigenvalue weighted by molar-refractivity contribution is 5.93. The lowest BCUT2D eigenvalue weighted by atomic mass is 10.3. The van der Waals surface area contributed by atoms with E-state index in [1.165, 1.54) is 0 Å². The molecule has 0 spiro atoms. The van der Waals surface area contributed by atoms with Gasteiger partial charge in [0, 0.05) is 19.3 Å². The number of nitrogens with zero attached hydrogens (tertiary/aromatic N) is 2. The lowest BCUT2D eigenvalue weighted by molar-refractivity contribution is 0.0958. The highest BCUT2D eigenvalue weighted by Gasteiger charge is 2.05. The number of nitrogens with one attached hydrogen (secondary N) is 1. The molecule has 1 amide bonds. The third-order valence-corrected chi connectivity index (χ3v) is 1.63. The molecule has 0 saturated carbocycles. The second-order valence-electron chi connectivity index (χ2n) is 2.58. The largest absolute Gasteiger partial charge is 0.348 e. The van der Waals surface area contributed by atoms with Gasteiger partial charge in [0.15, 0.2) is 0 Å². The zero-order valence-electron chi connectivity index (χ0n) is 7.66. The molecule has 0 unspecified atom stereocenters. The van der Waals surface area contributed by atoms with Crippen molar-refractivity contribution in [1.82, 2.24) is 15.1 Å². The number of aromatic nitrogens is 2. The molecule has 4 nitrogen and oxygen atoms in total. The predicted octanol–water partition coefficient (Wildman–Crippen LogP) is 0.819. The van der Waals surface area contributed by atoms with Crippen LogP contribution in [0.2, 0.25) is 0 Å². The van der Waals surface area contributed by atoms with Crippen LogP contribution < -0.4 is 5.32 Å². The molecule has 1 aromatic heterocycles. The molecule has 1 N–H and O–H groups in total. The molecule has 0 atom stereocenters. The zero-order valence-corrected chi connectivity index (χ0v) is 7.66. The molecule has 0 aliphatic heterocycles. The van der Waals surface area contributed by atoms with E-state index < -0.39 is 0 Å². The first-order valence-electron chi connectivity index (χ1n) is 4.19. The van der Waals surface area contributed by atoms with Crippen molar-refractivity contribution in [2.75, 3.05) is 6.54 Å². The van der Waals surface area contributed by atoms with E-state index >= 15 is 0 Å². The first-order valence-corrected chi connectivity index (χ1v) is 4.19. The third kappa shape index (κ3) is 2.43. The van der Waals surface area contributed by atoms with Gasteiger partial charge in [-0.05, 0) is 6.92 Å². The first-order chi connectivity index (χ1) is 6.27. The number of carbonyl (C=O) groups excluding carboxylic acids is 1. The highest BCUT2D eigenvalue weighted by Crippen LogP contribution is 1.96. The van der Waals surface area contributed by atoms with Gasteiger partial charge in [0.1, 0.15) is 0 Å². The van der Waals surface area contributed by atoms with Crippen LogP contribution in [0.15, 0.2) is 25.0 Å². The molecule has 1 heterocycles. The number of aryl methyl sites for hydroxylation is 1. The fourth-order valence-corrected chi connectivity index (χ4v) is 0.921. The van der Waals surface area contributed by atoms with Crippen LogP contribution in [-0.2, 0) is 6.54 Å². The van der Waals surface area contributed by atoms with Crippen molar-refractivity contribution in [2.24, 2.45) is 0 Å². The Balaban J connectivity index is 2.60. The van der Waals surface area contributed by atoms with Gasteiger partial charge in [0.25, 0.3) is 5.91 Å². The van der Waals surface area contributed by atoms with Gasteiger partial charge in [-0.1, -0.05) is 6.08 Å². The zero-order chi connectivity index (χ0) is 9.68. The van der Waals surface area contributed by atoms with Gasteiger partial charge >= 0.3 is 0 Å². The molecule has 1 rings (SSSR count). The summed E-state index contributed by atoms with van der Waals surface area (Å²) in [6.45, 7) is 6.74. The minimum absolute atomic E-state index is 0.111. The summed E-state index contributed by atoms with van der Waals surface area (Å²) in [5.41, 5.74) is 0.587. The summed E-state index contributed by atoms with van der Waals surface area (Å²) in [5, 5.41) is 6.67. The predicted molar refractivity (Wildman–Crippen MR) is 50.4 cm³/mol. The molecule has 1 aromatic rings. The highest BCUT2D eigenvalue weighted by atomic mass is 16.1.